The molecule has 5 heteroatoms. The highest BCUT2D eigenvalue weighted by Crippen LogP contribution is 2.43. The van der Waals surface area contributed by atoms with Crippen LogP contribution in [0.4, 0.5) is 5.00 Å². The van der Waals surface area contributed by atoms with E-state index >= 15 is 0 Å². The summed E-state index contributed by atoms with van der Waals surface area (Å²) >= 11 is 3.49. The molecule has 2 saturated heterocycles. The molecule has 2 aromatic heterocycles. The predicted molar refractivity (Wildman–Crippen MR) is 92.7 cm³/mol. The van der Waals surface area contributed by atoms with Crippen LogP contribution in [0, 0.1) is 12.3 Å². The standard InChI is InChI=1S/C17H20N2OS2/c1-13-2-3-16(22-13)19-12-17(8-15(19)20)5-6-18(11-17)9-14-4-7-21-10-14/h2-4,7,10H,5-6,8-9,11-12H2,1H3/t17-/m1/s1. The van der Waals surface area contributed by atoms with Gasteiger partial charge in [-0.2, -0.15) is 11.3 Å². The van der Waals surface area contributed by atoms with Gasteiger partial charge in [0.2, 0.25) is 5.91 Å². The molecular formula is C17H20N2OS2. The van der Waals surface area contributed by atoms with Crippen molar-refractivity contribution in [1.82, 2.24) is 4.90 Å². The van der Waals surface area contributed by atoms with E-state index in [4.69, 9.17) is 0 Å². The SMILES string of the molecule is Cc1ccc(N2C[C@]3(CCN(Cc4ccsc4)C3)CC2=O)s1. The van der Waals surface area contributed by atoms with Gasteiger partial charge in [0.25, 0.3) is 0 Å². The second-order valence-electron chi connectivity index (χ2n) is 6.63. The first-order valence-electron chi connectivity index (χ1n) is 7.74. The summed E-state index contributed by atoms with van der Waals surface area (Å²) < 4.78 is 0. The van der Waals surface area contributed by atoms with E-state index in [9.17, 15) is 4.79 Å². The Kier molecular flexibility index (Phi) is 3.59. The van der Waals surface area contributed by atoms with Crippen LogP contribution in [0.1, 0.15) is 23.3 Å². The Balaban J connectivity index is 1.46. The van der Waals surface area contributed by atoms with Crippen LogP contribution in [-0.4, -0.2) is 30.4 Å². The molecular weight excluding hydrogens is 312 g/mol. The first-order valence-corrected chi connectivity index (χ1v) is 9.50. The minimum Gasteiger partial charge on any atom is -0.303 e. The van der Waals surface area contributed by atoms with Crippen molar-refractivity contribution in [3.63, 3.8) is 0 Å². The van der Waals surface area contributed by atoms with Gasteiger partial charge < -0.3 is 4.90 Å². The van der Waals surface area contributed by atoms with Crippen LogP contribution in [-0.2, 0) is 11.3 Å². The molecule has 0 unspecified atom stereocenters. The number of thiophene rings is 2. The highest BCUT2D eigenvalue weighted by atomic mass is 32.1. The average Bonchev–Trinajstić information content (AvgIpc) is 3.22. The van der Waals surface area contributed by atoms with Crippen LogP contribution in [0.3, 0.4) is 0 Å². The number of hydrogen-bond donors (Lipinski definition) is 0. The minimum atomic E-state index is 0.172. The maximum absolute atomic E-state index is 12.5. The van der Waals surface area contributed by atoms with Crippen molar-refractivity contribution >= 4 is 33.6 Å². The Bertz CT molecular complexity index is 679. The molecule has 1 amide bonds. The van der Waals surface area contributed by atoms with E-state index in [0.717, 1.165) is 37.6 Å². The van der Waals surface area contributed by atoms with Gasteiger partial charge in [0.15, 0.2) is 0 Å². The third-order valence-electron chi connectivity index (χ3n) is 4.82. The molecule has 0 aromatic carbocycles. The Morgan fingerprint density at radius 1 is 1.27 bits per heavy atom. The quantitative estimate of drug-likeness (QED) is 0.855. The monoisotopic (exact) mass is 332 g/mol. The van der Waals surface area contributed by atoms with Crippen molar-refractivity contribution in [3.8, 4) is 0 Å². The van der Waals surface area contributed by atoms with Gasteiger partial charge in [-0.3, -0.25) is 9.69 Å². The first-order chi connectivity index (χ1) is 10.6. The van der Waals surface area contributed by atoms with Crippen LogP contribution < -0.4 is 4.90 Å². The number of amides is 1. The predicted octanol–water partition coefficient (Wildman–Crippen LogP) is 3.75. The number of carbonyl (C=O) groups excluding carboxylic acids is 1. The van der Waals surface area contributed by atoms with Gasteiger partial charge in [-0.25, -0.2) is 0 Å². The lowest BCUT2D eigenvalue weighted by molar-refractivity contribution is -0.117. The molecule has 3 nitrogen and oxygen atoms in total. The van der Waals surface area contributed by atoms with Crippen molar-refractivity contribution < 1.29 is 4.79 Å². The summed E-state index contributed by atoms with van der Waals surface area (Å²) in [7, 11) is 0. The molecule has 0 radical (unpaired) electrons. The van der Waals surface area contributed by atoms with Gasteiger partial charge in [0.1, 0.15) is 0 Å². The zero-order chi connectivity index (χ0) is 15.2. The Labute approximate surface area is 139 Å². The topological polar surface area (TPSA) is 23.6 Å². The normalized spacial score (nSPS) is 25.7. The molecule has 2 aliphatic rings. The molecule has 0 saturated carbocycles. The molecule has 2 aliphatic heterocycles. The lowest BCUT2D eigenvalue weighted by Crippen LogP contribution is -2.30. The summed E-state index contributed by atoms with van der Waals surface area (Å²) in [5.74, 6) is 0.305. The molecule has 4 rings (SSSR count). The molecule has 1 atom stereocenters. The number of anilines is 1. The Morgan fingerprint density at radius 2 is 2.18 bits per heavy atom. The number of nitrogens with zero attached hydrogens (tertiary/aromatic N) is 2. The van der Waals surface area contributed by atoms with E-state index in [1.54, 1.807) is 22.7 Å². The van der Waals surface area contributed by atoms with Gasteiger partial charge >= 0.3 is 0 Å². The van der Waals surface area contributed by atoms with Crippen LogP contribution >= 0.6 is 22.7 Å². The van der Waals surface area contributed by atoms with Crippen LogP contribution in [0.25, 0.3) is 0 Å². The molecule has 2 fully saturated rings. The molecule has 4 heterocycles. The maximum atomic E-state index is 12.5. The zero-order valence-electron chi connectivity index (χ0n) is 12.7. The number of carbonyl (C=O) groups is 1. The minimum absolute atomic E-state index is 0.172. The first kappa shape index (κ1) is 14.4. The van der Waals surface area contributed by atoms with Crippen LogP contribution in [0.5, 0.6) is 0 Å². The smallest absolute Gasteiger partial charge is 0.228 e. The summed E-state index contributed by atoms with van der Waals surface area (Å²) in [6, 6.07) is 6.40. The highest BCUT2D eigenvalue weighted by molar-refractivity contribution is 7.16. The van der Waals surface area contributed by atoms with Crippen molar-refractivity contribution in [2.24, 2.45) is 5.41 Å². The Hall–Kier alpha value is -1.17. The Morgan fingerprint density at radius 3 is 2.91 bits per heavy atom. The van der Waals surface area contributed by atoms with E-state index < -0.39 is 0 Å². The van der Waals surface area contributed by atoms with Gasteiger partial charge in [-0.1, -0.05) is 0 Å². The van der Waals surface area contributed by atoms with E-state index in [-0.39, 0.29) is 5.41 Å². The van der Waals surface area contributed by atoms with E-state index in [0.29, 0.717) is 12.3 Å². The van der Waals surface area contributed by atoms with Gasteiger partial charge in [0.05, 0.1) is 5.00 Å². The highest BCUT2D eigenvalue weighted by Gasteiger charge is 2.47. The average molecular weight is 332 g/mol. The summed E-state index contributed by atoms with van der Waals surface area (Å²) in [5.41, 5.74) is 1.57. The van der Waals surface area contributed by atoms with Crippen molar-refractivity contribution in [3.05, 3.63) is 39.4 Å². The fraction of sp³-hybridized carbons (Fsp3) is 0.471. The van der Waals surface area contributed by atoms with Crippen molar-refractivity contribution in [1.29, 1.82) is 0 Å². The van der Waals surface area contributed by atoms with Crippen molar-refractivity contribution in [2.45, 2.75) is 26.3 Å². The number of hydrogen-bond acceptors (Lipinski definition) is 4. The molecule has 116 valence electrons. The zero-order valence-corrected chi connectivity index (χ0v) is 14.4. The lowest BCUT2D eigenvalue weighted by Gasteiger charge is -2.23. The summed E-state index contributed by atoms with van der Waals surface area (Å²) in [6.45, 7) is 6.18. The fourth-order valence-electron chi connectivity index (χ4n) is 3.74. The number of likely N-dealkylation sites (tertiary alicyclic amines) is 1. The van der Waals surface area contributed by atoms with Gasteiger partial charge in [-0.15, -0.1) is 11.3 Å². The second kappa shape index (κ2) is 5.48. The fourth-order valence-corrected chi connectivity index (χ4v) is 5.28. The molecule has 0 aliphatic carbocycles. The molecule has 0 N–H and O–H groups in total. The lowest BCUT2D eigenvalue weighted by atomic mass is 9.86. The van der Waals surface area contributed by atoms with Crippen LogP contribution in [0.2, 0.25) is 0 Å². The van der Waals surface area contributed by atoms with E-state index in [1.165, 1.54) is 10.4 Å². The summed E-state index contributed by atoms with van der Waals surface area (Å²) in [6.07, 6.45) is 1.85. The largest absolute Gasteiger partial charge is 0.303 e. The third-order valence-corrected chi connectivity index (χ3v) is 6.57. The third kappa shape index (κ3) is 2.62. The summed E-state index contributed by atoms with van der Waals surface area (Å²) in [5, 5.41) is 5.49. The molecule has 22 heavy (non-hydrogen) atoms. The van der Waals surface area contributed by atoms with Crippen molar-refractivity contribution in [2.75, 3.05) is 24.5 Å². The number of aryl methyl sites for hydroxylation is 1. The van der Waals surface area contributed by atoms with E-state index in [1.807, 2.05) is 4.90 Å². The van der Waals surface area contributed by atoms with Gasteiger partial charge in [0, 0.05) is 36.3 Å². The summed E-state index contributed by atoms with van der Waals surface area (Å²) in [4.78, 5) is 18.3. The molecule has 2 aromatic rings. The van der Waals surface area contributed by atoms with Crippen LogP contribution in [0.15, 0.2) is 29.0 Å². The maximum Gasteiger partial charge on any atom is 0.228 e. The van der Waals surface area contributed by atoms with Gasteiger partial charge in [-0.05, 0) is 54.4 Å². The second-order valence-corrected chi connectivity index (χ2v) is 8.68. The molecule has 0 bridgehead atoms. The molecule has 1 spiro atoms. The number of rotatable bonds is 3. The van der Waals surface area contributed by atoms with E-state index in [2.05, 4.69) is 40.8 Å².